The van der Waals surface area contributed by atoms with E-state index in [2.05, 4.69) is 11.5 Å². The van der Waals surface area contributed by atoms with Gasteiger partial charge >= 0.3 is 12.4 Å². The van der Waals surface area contributed by atoms with Crippen LogP contribution in [0, 0.1) is 5.82 Å². The first kappa shape index (κ1) is 27.2. The van der Waals surface area contributed by atoms with E-state index in [0.29, 0.717) is 31.5 Å². The summed E-state index contributed by atoms with van der Waals surface area (Å²) >= 11 is 0. The van der Waals surface area contributed by atoms with Crippen molar-refractivity contribution in [3.63, 3.8) is 0 Å². The van der Waals surface area contributed by atoms with Crippen LogP contribution in [0.4, 0.5) is 30.7 Å². The van der Waals surface area contributed by atoms with Crippen LogP contribution in [0.1, 0.15) is 53.5 Å². The zero-order chi connectivity index (χ0) is 28.0. The number of nitrogens with zero attached hydrogens (tertiary/aromatic N) is 1. The molecule has 2 fully saturated rings. The summed E-state index contributed by atoms with van der Waals surface area (Å²) in [6.45, 7) is 4.31. The van der Waals surface area contributed by atoms with Crippen molar-refractivity contribution in [3.8, 4) is 0 Å². The number of rotatable bonds is 6. The second kappa shape index (κ2) is 10.0. The Hall–Kier alpha value is -3.33. The van der Waals surface area contributed by atoms with E-state index in [-0.39, 0.29) is 23.4 Å². The second-order valence-corrected chi connectivity index (χ2v) is 10.1. The molecule has 3 atom stereocenters. The van der Waals surface area contributed by atoms with E-state index in [4.69, 9.17) is 4.74 Å². The maximum Gasteiger partial charge on any atom is 0.416 e. The van der Waals surface area contributed by atoms with E-state index >= 15 is 0 Å². The molecule has 5 rings (SSSR count). The maximum atomic E-state index is 13.9. The van der Waals surface area contributed by atoms with Crippen LogP contribution < -0.4 is 0 Å². The van der Waals surface area contributed by atoms with Gasteiger partial charge in [-0.25, -0.2) is 4.39 Å². The third kappa shape index (κ3) is 5.29. The van der Waals surface area contributed by atoms with E-state index in [9.17, 15) is 30.7 Å². The Morgan fingerprint density at radius 1 is 0.846 bits per heavy atom. The minimum atomic E-state index is -4.98. The molecule has 0 saturated carbocycles. The van der Waals surface area contributed by atoms with Crippen LogP contribution in [0.2, 0.25) is 0 Å². The predicted molar refractivity (Wildman–Crippen MR) is 133 cm³/mol. The van der Waals surface area contributed by atoms with Crippen LogP contribution >= 0.6 is 0 Å². The molecule has 2 nitrogen and oxygen atoms in total. The van der Waals surface area contributed by atoms with Gasteiger partial charge in [0, 0.05) is 18.2 Å². The number of fused-ring (bicyclic) bond motifs is 2. The van der Waals surface area contributed by atoms with E-state index in [1.54, 1.807) is 12.1 Å². The largest absolute Gasteiger partial charge is 0.488 e. The quantitative estimate of drug-likeness (QED) is 0.226. The summed E-state index contributed by atoms with van der Waals surface area (Å²) < 4.78 is 101. The summed E-state index contributed by atoms with van der Waals surface area (Å²) in [7, 11) is 0. The Labute approximate surface area is 221 Å². The molecule has 0 aliphatic carbocycles. The van der Waals surface area contributed by atoms with Gasteiger partial charge in [-0.2, -0.15) is 26.3 Å². The molecular formula is C30H26F7NO. The topological polar surface area (TPSA) is 12.5 Å². The van der Waals surface area contributed by atoms with Crippen LogP contribution in [0.15, 0.2) is 79.4 Å². The zero-order valence-electron chi connectivity index (χ0n) is 20.8. The molecular weight excluding hydrogens is 523 g/mol. The van der Waals surface area contributed by atoms with Gasteiger partial charge in [-0.05, 0) is 67.1 Å². The van der Waals surface area contributed by atoms with Crippen LogP contribution in [0.5, 0.6) is 0 Å². The molecule has 39 heavy (non-hydrogen) atoms. The Morgan fingerprint density at radius 2 is 1.46 bits per heavy atom. The number of piperidine rings is 1. The predicted octanol–water partition coefficient (Wildman–Crippen LogP) is 8.57. The van der Waals surface area contributed by atoms with Crippen molar-refractivity contribution in [2.45, 2.75) is 62.3 Å². The SMILES string of the molecule is C=C(O[C@@H]1CC[C@H]2CC[C@]1(c1ccc(F)cc1)N2Cc1ccccc1)c1cc(C(F)(F)F)cc(C(F)(F)F)c1. The van der Waals surface area contributed by atoms with Gasteiger partial charge in [-0.3, -0.25) is 4.90 Å². The lowest BCUT2D eigenvalue weighted by molar-refractivity contribution is -0.143. The second-order valence-electron chi connectivity index (χ2n) is 10.1. The molecule has 2 heterocycles. The summed E-state index contributed by atoms with van der Waals surface area (Å²) in [5.41, 5.74) is -2.20. The third-order valence-electron chi connectivity index (χ3n) is 7.84. The van der Waals surface area contributed by atoms with E-state index < -0.39 is 40.9 Å². The number of alkyl halides is 6. The number of benzene rings is 3. The van der Waals surface area contributed by atoms with Crippen LogP contribution in [-0.2, 0) is 29.2 Å². The molecule has 0 radical (unpaired) electrons. The Morgan fingerprint density at radius 3 is 2.05 bits per heavy atom. The van der Waals surface area contributed by atoms with Crippen molar-refractivity contribution in [2.75, 3.05) is 0 Å². The summed E-state index contributed by atoms with van der Waals surface area (Å²) in [5, 5.41) is 0. The lowest BCUT2D eigenvalue weighted by Crippen LogP contribution is -2.56. The van der Waals surface area contributed by atoms with Crippen molar-refractivity contribution in [1.82, 2.24) is 4.90 Å². The van der Waals surface area contributed by atoms with E-state index in [1.165, 1.54) is 12.1 Å². The summed E-state index contributed by atoms with van der Waals surface area (Å²) in [6, 6.07) is 17.3. The molecule has 3 aromatic carbocycles. The van der Waals surface area contributed by atoms with Crippen molar-refractivity contribution in [2.24, 2.45) is 0 Å². The fourth-order valence-corrected chi connectivity index (χ4v) is 6.04. The lowest BCUT2D eigenvalue weighted by Gasteiger charge is -2.50. The first-order valence-electron chi connectivity index (χ1n) is 12.6. The molecule has 9 heteroatoms. The maximum absolute atomic E-state index is 13.9. The summed E-state index contributed by atoms with van der Waals surface area (Å²) in [6.07, 6.45) is -7.92. The van der Waals surface area contributed by atoms with Crippen LogP contribution in [0.3, 0.4) is 0 Å². The van der Waals surface area contributed by atoms with Gasteiger partial charge in [0.25, 0.3) is 0 Å². The minimum absolute atomic E-state index is 0.0839. The number of halogens is 7. The highest BCUT2D eigenvalue weighted by Crippen LogP contribution is 2.53. The number of hydrogen-bond donors (Lipinski definition) is 0. The van der Waals surface area contributed by atoms with Crippen molar-refractivity contribution >= 4 is 5.76 Å². The number of ether oxygens (including phenoxy) is 1. The monoisotopic (exact) mass is 549 g/mol. The third-order valence-corrected chi connectivity index (χ3v) is 7.84. The number of hydrogen-bond acceptors (Lipinski definition) is 2. The van der Waals surface area contributed by atoms with Crippen molar-refractivity contribution in [1.29, 1.82) is 0 Å². The molecule has 206 valence electrons. The average Bonchev–Trinajstić information content (AvgIpc) is 3.13. The highest BCUT2D eigenvalue weighted by Gasteiger charge is 2.56. The molecule has 0 amide bonds. The highest BCUT2D eigenvalue weighted by molar-refractivity contribution is 5.60. The Balaban J connectivity index is 1.54. The zero-order valence-corrected chi connectivity index (χ0v) is 20.8. The molecule has 2 aliphatic heterocycles. The standard InChI is InChI=1S/C30H26F7NO/c1-19(21-15-23(29(32,33)34)17-24(16-21)30(35,36)37)39-27-12-11-26-13-14-28(27,22-7-9-25(31)10-8-22)38(26)18-20-5-3-2-4-6-20/h2-10,15-17,26-27H,1,11-14,18H2/t26-,27+,28+/m0/s1. The van der Waals surface area contributed by atoms with Crippen molar-refractivity contribution in [3.05, 3.63) is 113 Å². The van der Waals surface area contributed by atoms with E-state index in [0.717, 1.165) is 24.0 Å². The minimum Gasteiger partial charge on any atom is -0.488 e. The Bertz CT molecular complexity index is 1300. The van der Waals surface area contributed by atoms with Gasteiger partial charge in [0.05, 0.1) is 16.7 Å². The normalized spacial score (nSPS) is 23.6. The average molecular weight is 550 g/mol. The molecule has 0 unspecified atom stereocenters. The Kier molecular flexibility index (Phi) is 6.99. The van der Waals surface area contributed by atoms with Gasteiger partial charge < -0.3 is 4.74 Å². The molecule has 0 aromatic heterocycles. The lowest BCUT2D eigenvalue weighted by atomic mass is 9.78. The molecule has 0 N–H and O–H groups in total. The van der Waals surface area contributed by atoms with Crippen molar-refractivity contribution < 1.29 is 35.5 Å². The molecule has 3 aromatic rings. The summed E-state index contributed by atoms with van der Waals surface area (Å²) in [5.74, 6) is -0.691. The van der Waals surface area contributed by atoms with Gasteiger partial charge in [-0.1, -0.05) is 49.0 Å². The first-order valence-corrected chi connectivity index (χ1v) is 12.6. The summed E-state index contributed by atoms with van der Waals surface area (Å²) in [4.78, 5) is 2.28. The molecule has 2 saturated heterocycles. The van der Waals surface area contributed by atoms with Crippen LogP contribution in [0.25, 0.3) is 5.76 Å². The fraction of sp³-hybridized carbons (Fsp3) is 0.333. The van der Waals surface area contributed by atoms with Crippen LogP contribution in [-0.4, -0.2) is 17.0 Å². The highest BCUT2D eigenvalue weighted by atomic mass is 19.4. The fourth-order valence-electron chi connectivity index (χ4n) is 6.04. The smallest absolute Gasteiger partial charge is 0.416 e. The van der Waals surface area contributed by atoms with Gasteiger partial charge in [0.2, 0.25) is 0 Å². The molecule has 2 aliphatic rings. The first-order chi connectivity index (χ1) is 18.4. The van der Waals surface area contributed by atoms with Gasteiger partial charge in [0.1, 0.15) is 17.7 Å². The van der Waals surface area contributed by atoms with Gasteiger partial charge in [0.15, 0.2) is 0 Å². The van der Waals surface area contributed by atoms with Gasteiger partial charge in [-0.15, -0.1) is 0 Å². The molecule has 0 spiro atoms. The van der Waals surface area contributed by atoms with E-state index in [1.807, 2.05) is 30.3 Å². The molecule has 2 bridgehead atoms.